The molecule has 3 aromatic carbocycles. The number of nitrogens with one attached hydrogen (secondary N) is 1. The first kappa shape index (κ1) is 23.9. The number of benzene rings is 3. The fourth-order valence-corrected chi connectivity index (χ4v) is 5.15. The molecule has 0 bridgehead atoms. The van der Waals surface area contributed by atoms with E-state index >= 15 is 0 Å². The van der Waals surface area contributed by atoms with Gasteiger partial charge in [0.05, 0.1) is 0 Å². The lowest BCUT2D eigenvalue weighted by Crippen LogP contribution is -2.24. The van der Waals surface area contributed by atoms with E-state index in [0.29, 0.717) is 39.1 Å². The molecule has 0 unspecified atom stereocenters. The van der Waals surface area contributed by atoms with E-state index in [-0.39, 0.29) is 17.3 Å². The first-order valence-electron chi connectivity index (χ1n) is 11.3. The normalized spacial score (nSPS) is 11.4. The highest BCUT2D eigenvalue weighted by Crippen LogP contribution is 2.43. The molecule has 0 aliphatic carbocycles. The van der Waals surface area contributed by atoms with Gasteiger partial charge in [0.1, 0.15) is 22.2 Å². The minimum Gasteiger partial charge on any atom is -0.508 e. The summed E-state index contributed by atoms with van der Waals surface area (Å²) in [5, 5.41) is 14.1. The molecule has 34 heavy (non-hydrogen) atoms. The zero-order valence-electron chi connectivity index (χ0n) is 19.7. The van der Waals surface area contributed by atoms with Crippen molar-refractivity contribution in [2.45, 2.75) is 40.2 Å². The molecule has 0 amide bonds. The zero-order valence-corrected chi connectivity index (χ0v) is 20.6. The number of aryl methyl sites for hydroxylation is 2. The number of ketones is 1. The molecule has 176 valence electrons. The highest BCUT2D eigenvalue weighted by Gasteiger charge is 2.25. The van der Waals surface area contributed by atoms with Gasteiger partial charge in [-0.1, -0.05) is 26.0 Å². The van der Waals surface area contributed by atoms with Crippen molar-refractivity contribution >= 4 is 27.2 Å². The molecule has 0 aliphatic heterocycles. The van der Waals surface area contributed by atoms with Crippen molar-refractivity contribution in [3.05, 3.63) is 87.5 Å². The average molecular weight is 478 g/mol. The molecular formula is C28H28FNO3S. The number of aromatic hydroxyl groups is 1. The third kappa shape index (κ3) is 5.13. The number of carbonyl (C=O) groups excluding carboxylic acids is 1. The van der Waals surface area contributed by atoms with E-state index in [2.05, 4.69) is 19.2 Å². The van der Waals surface area contributed by atoms with Gasteiger partial charge in [-0.2, -0.15) is 0 Å². The van der Waals surface area contributed by atoms with Gasteiger partial charge in [0.25, 0.3) is 0 Å². The van der Waals surface area contributed by atoms with E-state index < -0.39 is 0 Å². The highest BCUT2D eigenvalue weighted by molar-refractivity contribution is 7.21. The lowest BCUT2D eigenvalue weighted by Gasteiger charge is -2.12. The molecule has 0 fully saturated rings. The second kappa shape index (κ2) is 9.95. The van der Waals surface area contributed by atoms with E-state index in [1.54, 1.807) is 32.0 Å². The summed E-state index contributed by atoms with van der Waals surface area (Å²) in [5.74, 6) is 0.597. The first-order valence-corrected chi connectivity index (χ1v) is 12.1. The number of phenolic OH excluding ortho intramolecular Hbond substituents is 1. The Hall–Kier alpha value is -3.22. The molecule has 0 spiro atoms. The van der Waals surface area contributed by atoms with Crippen LogP contribution < -0.4 is 10.1 Å². The second-order valence-corrected chi connectivity index (χ2v) is 9.84. The Morgan fingerprint density at radius 2 is 1.74 bits per heavy atom. The number of hydrogen-bond acceptors (Lipinski definition) is 5. The number of ether oxygens (including phenoxy) is 1. The van der Waals surface area contributed by atoms with Crippen molar-refractivity contribution in [1.82, 2.24) is 5.32 Å². The van der Waals surface area contributed by atoms with Crippen LogP contribution in [0.5, 0.6) is 17.2 Å². The summed E-state index contributed by atoms with van der Waals surface area (Å²) < 4.78 is 20.8. The SMILES string of the molecule is Cc1cc(F)cc(C)c1C(=O)c1sc2cc(O)ccc2c1Oc1ccc(CCNC(C)C)cc1. The fraction of sp³-hybridized carbons (Fsp3) is 0.250. The summed E-state index contributed by atoms with van der Waals surface area (Å²) in [6.45, 7) is 8.60. The number of thiophene rings is 1. The predicted molar refractivity (Wildman–Crippen MR) is 136 cm³/mol. The van der Waals surface area contributed by atoms with Gasteiger partial charge < -0.3 is 15.2 Å². The molecular weight excluding hydrogens is 449 g/mol. The summed E-state index contributed by atoms with van der Waals surface area (Å²) in [7, 11) is 0. The molecule has 0 radical (unpaired) electrons. The van der Waals surface area contributed by atoms with E-state index in [1.807, 2.05) is 24.3 Å². The average Bonchev–Trinajstić information content (AvgIpc) is 3.11. The Kier molecular flexibility index (Phi) is 7.00. The van der Waals surface area contributed by atoms with Crippen LogP contribution in [0.15, 0.2) is 54.6 Å². The summed E-state index contributed by atoms with van der Waals surface area (Å²) >= 11 is 1.26. The Bertz CT molecular complexity index is 1320. The Labute approximate surface area is 203 Å². The van der Waals surface area contributed by atoms with Crippen molar-refractivity contribution in [3.63, 3.8) is 0 Å². The van der Waals surface area contributed by atoms with Crippen LogP contribution in [0.25, 0.3) is 10.1 Å². The van der Waals surface area contributed by atoms with Gasteiger partial charge in [0, 0.05) is 21.7 Å². The standard InChI is InChI=1S/C28H28FNO3S/c1-16(2)30-12-11-19-5-8-22(9-6-19)33-27-23-10-7-21(31)15-24(23)34-28(27)26(32)25-17(3)13-20(29)14-18(25)4/h5-10,13-16,30-31H,11-12H2,1-4H3. The summed E-state index contributed by atoms with van der Waals surface area (Å²) in [6, 6.07) is 16.0. The van der Waals surface area contributed by atoms with Crippen molar-refractivity contribution in [2.75, 3.05) is 6.54 Å². The monoisotopic (exact) mass is 477 g/mol. The van der Waals surface area contributed by atoms with Gasteiger partial charge in [-0.25, -0.2) is 4.39 Å². The minimum atomic E-state index is -0.368. The largest absolute Gasteiger partial charge is 0.508 e. The van der Waals surface area contributed by atoms with Crippen molar-refractivity contribution < 1.29 is 19.0 Å². The van der Waals surface area contributed by atoms with Gasteiger partial charge in [-0.15, -0.1) is 11.3 Å². The van der Waals surface area contributed by atoms with Crippen LogP contribution in [-0.4, -0.2) is 23.5 Å². The van der Waals surface area contributed by atoms with E-state index in [1.165, 1.54) is 29.0 Å². The quantitative estimate of drug-likeness (QED) is 0.270. The third-order valence-corrected chi connectivity index (χ3v) is 6.80. The van der Waals surface area contributed by atoms with Crippen molar-refractivity contribution in [1.29, 1.82) is 0 Å². The maximum atomic E-state index is 13.8. The number of hydrogen-bond donors (Lipinski definition) is 2. The fourth-order valence-electron chi connectivity index (χ4n) is 4.04. The molecule has 4 nitrogen and oxygen atoms in total. The van der Waals surface area contributed by atoms with Gasteiger partial charge in [0.15, 0.2) is 5.75 Å². The smallest absolute Gasteiger partial charge is 0.207 e. The zero-order chi connectivity index (χ0) is 24.4. The summed E-state index contributed by atoms with van der Waals surface area (Å²) in [6.07, 6.45) is 0.909. The second-order valence-electron chi connectivity index (χ2n) is 8.79. The number of rotatable bonds is 8. The molecule has 6 heteroatoms. The third-order valence-electron chi connectivity index (χ3n) is 5.67. The summed E-state index contributed by atoms with van der Waals surface area (Å²) in [5.41, 5.74) is 2.81. The van der Waals surface area contributed by atoms with Crippen LogP contribution >= 0.6 is 11.3 Å². The molecule has 1 heterocycles. The number of halogens is 1. The minimum absolute atomic E-state index is 0.118. The number of phenols is 1. The molecule has 1 aromatic heterocycles. The molecule has 0 saturated carbocycles. The van der Waals surface area contributed by atoms with Crippen LogP contribution in [0.4, 0.5) is 4.39 Å². The maximum Gasteiger partial charge on any atom is 0.207 e. The van der Waals surface area contributed by atoms with Gasteiger partial charge >= 0.3 is 0 Å². The van der Waals surface area contributed by atoms with Crippen LogP contribution in [0.1, 0.15) is 45.8 Å². The predicted octanol–water partition coefficient (Wildman–Crippen LogP) is 6.93. The molecule has 0 atom stereocenters. The first-order chi connectivity index (χ1) is 16.2. The van der Waals surface area contributed by atoms with Crippen molar-refractivity contribution in [3.8, 4) is 17.2 Å². The van der Waals surface area contributed by atoms with E-state index in [9.17, 15) is 14.3 Å². The van der Waals surface area contributed by atoms with E-state index in [4.69, 9.17) is 4.74 Å². The Balaban J connectivity index is 1.70. The molecule has 2 N–H and O–H groups in total. The van der Waals surface area contributed by atoms with Gasteiger partial charge in [0.2, 0.25) is 5.78 Å². The van der Waals surface area contributed by atoms with Crippen LogP contribution in [0.3, 0.4) is 0 Å². The van der Waals surface area contributed by atoms with Crippen LogP contribution in [-0.2, 0) is 6.42 Å². The van der Waals surface area contributed by atoms with Crippen LogP contribution in [0, 0.1) is 19.7 Å². The molecule has 4 aromatic rings. The Morgan fingerprint density at radius 1 is 1.06 bits per heavy atom. The molecule has 0 aliphatic rings. The topological polar surface area (TPSA) is 58.6 Å². The lowest BCUT2D eigenvalue weighted by molar-refractivity contribution is 0.103. The molecule has 0 saturated heterocycles. The van der Waals surface area contributed by atoms with Gasteiger partial charge in [-0.05, 0) is 86.0 Å². The molecule has 4 rings (SSSR count). The number of fused-ring (bicyclic) bond motifs is 1. The van der Waals surface area contributed by atoms with Crippen molar-refractivity contribution in [2.24, 2.45) is 0 Å². The number of carbonyl (C=O) groups is 1. The van der Waals surface area contributed by atoms with Gasteiger partial charge in [-0.3, -0.25) is 4.79 Å². The maximum absolute atomic E-state index is 13.8. The lowest BCUT2D eigenvalue weighted by atomic mass is 9.97. The highest BCUT2D eigenvalue weighted by atomic mass is 32.1. The van der Waals surface area contributed by atoms with Crippen LogP contribution in [0.2, 0.25) is 0 Å². The van der Waals surface area contributed by atoms with E-state index in [0.717, 1.165) is 23.1 Å². The summed E-state index contributed by atoms with van der Waals surface area (Å²) in [4.78, 5) is 14.1. The Morgan fingerprint density at radius 3 is 2.38 bits per heavy atom.